The van der Waals surface area contributed by atoms with Gasteiger partial charge in [-0.1, -0.05) is 50.5 Å². The van der Waals surface area contributed by atoms with Crippen LogP contribution in [-0.2, 0) is 4.79 Å². The second kappa shape index (κ2) is 12.2. The lowest BCUT2D eigenvalue weighted by molar-refractivity contribution is -0.137. The van der Waals surface area contributed by atoms with E-state index in [-0.39, 0.29) is 18.3 Å². The SMILES string of the molecule is CCCCC[C@H](O)/C=C/[C@H]1[C@H](C/C=C\CCCC(=O)O)[C@@H](O)C[C@H]1O. The average Bonchev–Trinajstić information content (AvgIpc) is 2.82. The van der Waals surface area contributed by atoms with Crippen molar-refractivity contribution in [2.24, 2.45) is 11.8 Å². The first-order chi connectivity index (χ1) is 12.0. The summed E-state index contributed by atoms with van der Waals surface area (Å²) in [6.45, 7) is 2.12. The Morgan fingerprint density at radius 2 is 1.92 bits per heavy atom. The van der Waals surface area contributed by atoms with Gasteiger partial charge in [0.25, 0.3) is 0 Å². The molecule has 4 N–H and O–H groups in total. The van der Waals surface area contributed by atoms with Gasteiger partial charge in [0.15, 0.2) is 0 Å². The average molecular weight is 354 g/mol. The molecule has 1 saturated carbocycles. The zero-order chi connectivity index (χ0) is 18.7. The second-order valence-electron chi connectivity index (χ2n) is 7.05. The molecular weight excluding hydrogens is 320 g/mol. The van der Waals surface area contributed by atoms with Crippen molar-refractivity contribution in [2.45, 2.75) is 83.0 Å². The molecule has 0 amide bonds. The van der Waals surface area contributed by atoms with E-state index >= 15 is 0 Å². The number of aliphatic hydroxyl groups excluding tert-OH is 3. The van der Waals surface area contributed by atoms with Crippen LogP contribution in [0.3, 0.4) is 0 Å². The molecule has 5 nitrogen and oxygen atoms in total. The Kier molecular flexibility index (Phi) is 10.7. The number of rotatable bonds is 12. The van der Waals surface area contributed by atoms with Gasteiger partial charge in [0, 0.05) is 18.8 Å². The van der Waals surface area contributed by atoms with Crippen molar-refractivity contribution in [2.75, 3.05) is 0 Å². The normalized spacial score (nSPS) is 28.2. The molecule has 1 rings (SSSR count). The van der Waals surface area contributed by atoms with Crippen LogP contribution in [0, 0.1) is 11.8 Å². The molecule has 1 aliphatic carbocycles. The van der Waals surface area contributed by atoms with E-state index in [9.17, 15) is 20.1 Å². The summed E-state index contributed by atoms with van der Waals surface area (Å²) in [5, 5.41) is 39.0. The molecule has 1 aliphatic rings. The number of carbonyl (C=O) groups is 1. The Morgan fingerprint density at radius 1 is 1.16 bits per heavy atom. The zero-order valence-corrected chi connectivity index (χ0v) is 15.3. The van der Waals surface area contributed by atoms with Crippen molar-refractivity contribution in [3.8, 4) is 0 Å². The summed E-state index contributed by atoms with van der Waals surface area (Å²) in [7, 11) is 0. The van der Waals surface area contributed by atoms with Gasteiger partial charge in [0.2, 0.25) is 0 Å². The lowest BCUT2D eigenvalue weighted by Gasteiger charge is -2.19. The molecule has 0 aromatic carbocycles. The van der Waals surface area contributed by atoms with Crippen LogP contribution in [0.4, 0.5) is 0 Å². The number of aliphatic hydroxyl groups is 3. The summed E-state index contributed by atoms with van der Waals surface area (Å²) in [6, 6.07) is 0. The van der Waals surface area contributed by atoms with Gasteiger partial charge < -0.3 is 20.4 Å². The minimum absolute atomic E-state index is 0.0650. The quantitative estimate of drug-likeness (QED) is 0.319. The predicted molar refractivity (Wildman–Crippen MR) is 98.1 cm³/mol. The Labute approximate surface area is 151 Å². The summed E-state index contributed by atoms with van der Waals surface area (Å²) in [5.41, 5.74) is 0. The van der Waals surface area contributed by atoms with E-state index in [4.69, 9.17) is 5.11 Å². The van der Waals surface area contributed by atoms with E-state index in [0.717, 1.165) is 25.7 Å². The van der Waals surface area contributed by atoms with Gasteiger partial charge in [-0.3, -0.25) is 4.79 Å². The number of carboxylic acids is 1. The summed E-state index contributed by atoms with van der Waals surface area (Å²) in [5.74, 6) is -1.00. The largest absolute Gasteiger partial charge is 0.481 e. The highest BCUT2D eigenvalue weighted by Crippen LogP contribution is 2.36. The van der Waals surface area contributed by atoms with Crippen molar-refractivity contribution in [3.63, 3.8) is 0 Å². The third kappa shape index (κ3) is 8.66. The van der Waals surface area contributed by atoms with Gasteiger partial charge in [-0.2, -0.15) is 0 Å². The molecule has 0 aromatic heterocycles. The molecule has 5 atom stereocenters. The standard InChI is InChI=1S/C20H34O5/c1-2-3-6-9-15(21)12-13-17-16(18(22)14-19(17)23)10-7-4-5-8-11-20(24)25/h4,7,12-13,15-19,21-23H,2-3,5-6,8-11,14H2,1H3,(H,24,25)/b7-4-,13-12+/t15-,16-,17-,18-,19+/m0/s1. The van der Waals surface area contributed by atoms with Gasteiger partial charge in [-0.25, -0.2) is 0 Å². The van der Waals surface area contributed by atoms with Crippen LogP contribution in [-0.4, -0.2) is 44.7 Å². The highest BCUT2D eigenvalue weighted by Gasteiger charge is 2.39. The van der Waals surface area contributed by atoms with Crippen LogP contribution >= 0.6 is 0 Å². The number of unbranched alkanes of at least 4 members (excludes halogenated alkanes) is 3. The summed E-state index contributed by atoms with van der Waals surface area (Å²) in [4.78, 5) is 10.5. The molecule has 25 heavy (non-hydrogen) atoms. The Hall–Kier alpha value is -1.17. The van der Waals surface area contributed by atoms with Crippen molar-refractivity contribution in [1.82, 2.24) is 0 Å². The first kappa shape index (κ1) is 21.9. The third-order valence-corrected chi connectivity index (χ3v) is 4.91. The lowest BCUT2D eigenvalue weighted by Crippen LogP contribution is -2.20. The van der Waals surface area contributed by atoms with Crippen molar-refractivity contribution in [3.05, 3.63) is 24.3 Å². The maximum atomic E-state index is 10.5. The zero-order valence-electron chi connectivity index (χ0n) is 15.3. The van der Waals surface area contributed by atoms with E-state index in [1.807, 2.05) is 18.2 Å². The molecule has 0 unspecified atom stereocenters. The van der Waals surface area contributed by atoms with Crippen molar-refractivity contribution < 1.29 is 25.2 Å². The Balaban J connectivity index is 2.46. The van der Waals surface area contributed by atoms with Gasteiger partial charge >= 0.3 is 5.97 Å². The fourth-order valence-corrected chi connectivity index (χ4v) is 3.41. The maximum Gasteiger partial charge on any atom is 0.303 e. The highest BCUT2D eigenvalue weighted by molar-refractivity contribution is 5.66. The summed E-state index contributed by atoms with van der Waals surface area (Å²) >= 11 is 0. The minimum Gasteiger partial charge on any atom is -0.481 e. The second-order valence-corrected chi connectivity index (χ2v) is 7.05. The third-order valence-electron chi connectivity index (χ3n) is 4.91. The van der Waals surface area contributed by atoms with E-state index in [1.165, 1.54) is 0 Å². The minimum atomic E-state index is -0.787. The first-order valence-corrected chi connectivity index (χ1v) is 9.55. The number of allylic oxidation sites excluding steroid dienone is 2. The van der Waals surface area contributed by atoms with Crippen LogP contribution in [0.15, 0.2) is 24.3 Å². The maximum absolute atomic E-state index is 10.5. The highest BCUT2D eigenvalue weighted by atomic mass is 16.4. The monoisotopic (exact) mass is 354 g/mol. The van der Waals surface area contributed by atoms with E-state index in [0.29, 0.717) is 25.7 Å². The molecule has 144 valence electrons. The number of aliphatic carboxylic acids is 1. The van der Waals surface area contributed by atoms with Crippen LogP contribution < -0.4 is 0 Å². The van der Waals surface area contributed by atoms with Crippen molar-refractivity contribution >= 4 is 5.97 Å². The lowest BCUT2D eigenvalue weighted by atomic mass is 9.89. The number of hydrogen-bond acceptors (Lipinski definition) is 4. The fraction of sp³-hybridized carbons (Fsp3) is 0.750. The topological polar surface area (TPSA) is 98.0 Å². The molecule has 0 bridgehead atoms. The number of hydrogen-bond donors (Lipinski definition) is 4. The predicted octanol–water partition coefficient (Wildman–Crippen LogP) is 3.04. The van der Waals surface area contributed by atoms with Crippen LogP contribution in [0.2, 0.25) is 0 Å². The molecule has 1 fully saturated rings. The molecule has 5 heteroatoms. The Morgan fingerprint density at radius 3 is 2.60 bits per heavy atom. The van der Waals surface area contributed by atoms with E-state index in [1.54, 1.807) is 6.08 Å². The summed E-state index contributed by atoms with van der Waals surface area (Å²) in [6.07, 6.45) is 12.3. The van der Waals surface area contributed by atoms with E-state index < -0.39 is 24.3 Å². The van der Waals surface area contributed by atoms with Gasteiger partial charge in [0.1, 0.15) is 0 Å². The number of carboxylic acid groups (broad SMARTS) is 1. The molecular formula is C20H34O5. The first-order valence-electron chi connectivity index (χ1n) is 9.55. The van der Waals surface area contributed by atoms with E-state index in [2.05, 4.69) is 6.92 Å². The Bertz CT molecular complexity index is 432. The molecule has 0 heterocycles. The molecule has 0 saturated heterocycles. The molecule has 0 aliphatic heterocycles. The summed E-state index contributed by atoms with van der Waals surface area (Å²) < 4.78 is 0. The van der Waals surface area contributed by atoms with Crippen molar-refractivity contribution in [1.29, 1.82) is 0 Å². The van der Waals surface area contributed by atoms with Gasteiger partial charge in [0.05, 0.1) is 18.3 Å². The van der Waals surface area contributed by atoms with Gasteiger partial charge in [-0.15, -0.1) is 0 Å². The smallest absolute Gasteiger partial charge is 0.303 e. The van der Waals surface area contributed by atoms with Crippen LogP contribution in [0.1, 0.15) is 64.7 Å². The molecule has 0 radical (unpaired) electrons. The van der Waals surface area contributed by atoms with Gasteiger partial charge in [-0.05, 0) is 31.6 Å². The molecule has 0 spiro atoms. The van der Waals surface area contributed by atoms with Crippen LogP contribution in [0.25, 0.3) is 0 Å². The fourth-order valence-electron chi connectivity index (χ4n) is 3.41. The molecule has 0 aromatic rings. The van der Waals surface area contributed by atoms with Crippen LogP contribution in [0.5, 0.6) is 0 Å².